The first kappa shape index (κ1) is 17.5. The van der Waals surface area contributed by atoms with Crippen molar-refractivity contribution in [3.05, 3.63) is 57.6 Å². The number of rotatable bonds is 5. The zero-order valence-corrected chi connectivity index (χ0v) is 15.5. The summed E-state index contributed by atoms with van der Waals surface area (Å²) in [6.45, 7) is 8.87. The van der Waals surface area contributed by atoms with Gasteiger partial charge in [-0.15, -0.1) is 0 Å². The molecule has 0 unspecified atom stereocenters. The number of hydrogen-bond acceptors (Lipinski definition) is 2. The van der Waals surface area contributed by atoms with Gasteiger partial charge >= 0.3 is 0 Å². The molecular weight excluding hydrogens is 354 g/mol. The Kier molecular flexibility index (Phi) is 5.83. The third-order valence-electron chi connectivity index (χ3n) is 3.62. The first-order valence-corrected chi connectivity index (χ1v) is 8.47. The van der Waals surface area contributed by atoms with E-state index in [9.17, 15) is 4.79 Å². The van der Waals surface area contributed by atoms with Crippen LogP contribution in [0.25, 0.3) is 0 Å². The number of hydrogen-bond donors (Lipinski definition) is 1. The number of aryl methyl sites for hydroxylation is 1. The highest BCUT2D eigenvalue weighted by Crippen LogP contribution is 2.27. The van der Waals surface area contributed by atoms with Crippen molar-refractivity contribution in [3.8, 4) is 5.75 Å². The summed E-state index contributed by atoms with van der Waals surface area (Å²) in [6.07, 6.45) is 0. The number of nitrogens with one attached hydrogen (secondary N) is 1. The molecule has 4 heteroatoms. The van der Waals surface area contributed by atoms with Crippen molar-refractivity contribution < 1.29 is 9.53 Å². The minimum atomic E-state index is -0.130. The number of halogens is 1. The fourth-order valence-corrected chi connectivity index (χ4v) is 2.59. The van der Waals surface area contributed by atoms with Crippen LogP contribution in [-0.2, 0) is 0 Å². The first-order valence-electron chi connectivity index (χ1n) is 7.68. The van der Waals surface area contributed by atoms with E-state index in [1.54, 1.807) is 12.1 Å². The van der Waals surface area contributed by atoms with E-state index in [0.717, 1.165) is 27.0 Å². The van der Waals surface area contributed by atoms with E-state index in [1.165, 1.54) is 0 Å². The van der Waals surface area contributed by atoms with Gasteiger partial charge in [-0.2, -0.15) is 0 Å². The molecule has 0 heterocycles. The summed E-state index contributed by atoms with van der Waals surface area (Å²) < 4.78 is 6.49. The van der Waals surface area contributed by atoms with Crippen molar-refractivity contribution in [1.29, 1.82) is 0 Å². The van der Waals surface area contributed by atoms with Gasteiger partial charge in [0, 0.05) is 11.3 Å². The molecule has 1 amide bonds. The second-order valence-corrected chi connectivity index (χ2v) is 6.91. The van der Waals surface area contributed by atoms with E-state index in [0.29, 0.717) is 18.1 Å². The molecule has 0 aromatic heterocycles. The molecule has 0 aliphatic heterocycles. The first-order chi connectivity index (χ1) is 10.9. The van der Waals surface area contributed by atoms with Crippen LogP contribution in [0.5, 0.6) is 5.75 Å². The lowest BCUT2D eigenvalue weighted by Gasteiger charge is -2.13. The predicted octanol–water partition coefficient (Wildman–Crippen LogP) is 5.35. The molecule has 0 saturated carbocycles. The number of amides is 1. The molecular formula is C19H22BrNO2. The van der Waals surface area contributed by atoms with Gasteiger partial charge in [-0.05, 0) is 71.1 Å². The van der Waals surface area contributed by atoms with Crippen LogP contribution in [0, 0.1) is 19.8 Å². The van der Waals surface area contributed by atoms with Crippen molar-refractivity contribution in [1.82, 2.24) is 0 Å². The summed E-state index contributed by atoms with van der Waals surface area (Å²) >= 11 is 3.47. The Balaban J connectivity index is 2.14. The molecule has 3 nitrogen and oxygen atoms in total. The monoisotopic (exact) mass is 375 g/mol. The Morgan fingerprint density at radius 1 is 1.22 bits per heavy atom. The molecule has 0 bridgehead atoms. The van der Waals surface area contributed by atoms with E-state index in [2.05, 4.69) is 35.1 Å². The molecule has 0 radical (unpaired) electrons. The van der Waals surface area contributed by atoms with Gasteiger partial charge < -0.3 is 10.1 Å². The van der Waals surface area contributed by atoms with Crippen molar-refractivity contribution >= 4 is 27.5 Å². The lowest BCUT2D eigenvalue weighted by molar-refractivity contribution is 0.102. The summed E-state index contributed by atoms with van der Waals surface area (Å²) in [4.78, 5) is 12.4. The van der Waals surface area contributed by atoms with Gasteiger partial charge in [-0.1, -0.05) is 26.0 Å². The third kappa shape index (κ3) is 4.58. The second kappa shape index (κ2) is 7.64. The minimum Gasteiger partial charge on any atom is -0.492 e. The SMILES string of the molecule is Cc1cccc(NC(=O)c2ccc(OCC(C)C)c(Br)c2)c1C. The predicted molar refractivity (Wildman–Crippen MR) is 98.3 cm³/mol. The molecule has 1 N–H and O–H groups in total. The van der Waals surface area contributed by atoms with Crippen LogP contribution in [0.4, 0.5) is 5.69 Å². The third-order valence-corrected chi connectivity index (χ3v) is 4.24. The van der Waals surface area contributed by atoms with E-state index in [4.69, 9.17) is 4.74 Å². The van der Waals surface area contributed by atoms with Gasteiger partial charge in [0.05, 0.1) is 11.1 Å². The molecule has 0 fully saturated rings. The molecule has 2 rings (SSSR count). The van der Waals surface area contributed by atoms with Gasteiger partial charge in [0.25, 0.3) is 5.91 Å². The zero-order valence-electron chi connectivity index (χ0n) is 13.9. The molecule has 0 aliphatic carbocycles. The van der Waals surface area contributed by atoms with Crippen LogP contribution in [-0.4, -0.2) is 12.5 Å². The number of ether oxygens (including phenoxy) is 1. The Bertz CT molecular complexity index is 711. The number of carbonyl (C=O) groups excluding carboxylic acids is 1. The fourth-order valence-electron chi connectivity index (χ4n) is 2.10. The summed E-state index contributed by atoms with van der Waals surface area (Å²) in [5.74, 6) is 1.07. The van der Waals surface area contributed by atoms with E-state index in [1.807, 2.05) is 38.1 Å². The van der Waals surface area contributed by atoms with Gasteiger partial charge in [-0.25, -0.2) is 0 Å². The van der Waals surface area contributed by atoms with Crippen LogP contribution in [0.3, 0.4) is 0 Å². The maximum atomic E-state index is 12.4. The zero-order chi connectivity index (χ0) is 17.0. The van der Waals surface area contributed by atoms with Gasteiger partial charge in [0.1, 0.15) is 5.75 Å². The quantitative estimate of drug-likeness (QED) is 0.764. The van der Waals surface area contributed by atoms with Crippen LogP contribution >= 0.6 is 15.9 Å². The highest BCUT2D eigenvalue weighted by atomic mass is 79.9. The largest absolute Gasteiger partial charge is 0.492 e. The highest BCUT2D eigenvalue weighted by Gasteiger charge is 2.11. The molecule has 0 atom stereocenters. The maximum Gasteiger partial charge on any atom is 0.255 e. The summed E-state index contributed by atoms with van der Waals surface area (Å²) in [5, 5.41) is 2.96. The van der Waals surface area contributed by atoms with Crippen molar-refractivity contribution in [2.75, 3.05) is 11.9 Å². The number of carbonyl (C=O) groups is 1. The second-order valence-electron chi connectivity index (χ2n) is 6.05. The van der Waals surface area contributed by atoms with E-state index in [-0.39, 0.29) is 5.91 Å². The molecule has 2 aromatic rings. The topological polar surface area (TPSA) is 38.3 Å². The smallest absolute Gasteiger partial charge is 0.255 e. The van der Waals surface area contributed by atoms with E-state index >= 15 is 0 Å². The Morgan fingerprint density at radius 3 is 2.61 bits per heavy atom. The van der Waals surface area contributed by atoms with Crippen molar-refractivity contribution in [2.45, 2.75) is 27.7 Å². The lowest BCUT2D eigenvalue weighted by atomic mass is 10.1. The van der Waals surface area contributed by atoms with Gasteiger partial charge in [0.15, 0.2) is 0 Å². The average Bonchev–Trinajstić information content (AvgIpc) is 2.50. The summed E-state index contributed by atoms with van der Waals surface area (Å²) in [5.41, 5.74) is 3.67. The van der Waals surface area contributed by atoms with Crippen LogP contribution in [0.1, 0.15) is 35.3 Å². The lowest BCUT2D eigenvalue weighted by Crippen LogP contribution is -2.13. The Morgan fingerprint density at radius 2 is 1.96 bits per heavy atom. The Hall–Kier alpha value is -1.81. The maximum absolute atomic E-state index is 12.4. The van der Waals surface area contributed by atoms with Crippen molar-refractivity contribution in [3.63, 3.8) is 0 Å². The number of benzene rings is 2. The van der Waals surface area contributed by atoms with Crippen LogP contribution in [0.2, 0.25) is 0 Å². The molecule has 23 heavy (non-hydrogen) atoms. The summed E-state index contributed by atoms with van der Waals surface area (Å²) in [7, 11) is 0. The van der Waals surface area contributed by atoms with Gasteiger partial charge in [-0.3, -0.25) is 4.79 Å². The average molecular weight is 376 g/mol. The highest BCUT2D eigenvalue weighted by molar-refractivity contribution is 9.10. The van der Waals surface area contributed by atoms with Crippen LogP contribution in [0.15, 0.2) is 40.9 Å². The van der Waals surface area contributed by atoms with Crippen LogP contribution < -0.4 is 10.1 Å². The number of anilines is 1. The molecule has 122 valence electrons. The summed E-state index contributed by atoms with van der Waals surface area (Å²) in [6, 6.07) is 11.3. The van der Waals surface area contributed by atoms with Gasteiger partial charge in [0.2, 0.25) is 0 Å². The normalized spacial score (nSPS) is 10.7. The minimum absolute atomic E-state index is 0.130. The molecule has 0 aliphatic rings. The molecule has 2 aromatic carbocycles. The standard InChI is InChI=1S/C19H22BrNO2/c1-12(2)11-23-18-9-8-15(10-16(18)20)19(22)21-17-7-5-6-13(3)14(17)4/h5-10,12H,11H2,1-4H3,(H,21,22). The Labute approximate surface area is 146 Å². The molecule has 0 saturated heterocycles. The molecule has 0 spiro atoms. The fraction of sp³-hybridized carbons (Fsp3) is 0.316. The van der Waals surface area contributed by atoms with Crippen molar-refractivity contribution in [2.24, 2.45) is 5.92 Å². The van der Waals surface area contributed by atoms with E-state index < -0.39 is 0 Å².